The lowest BCUT2D eigenvalue weighted by Crippen LogP contribution is -2.53. The lowest BCUT2D eigenvalue weighted by molar-refractivity contribution is -0.141. The number of carbonyl (C=O) groups is 2. The molecule has 0 aliphatic rings. The summed E-state index contributed by atoms with van der Waals surface area (Å²) in [6.45, 7) is 6.93. The third-order valence-electron chi connectivity index (χ3n) is 2.03. The molecule has 17 heavy (non-hydrogen) atoms. The first-order valence-corrected chi connectivity index (χ1v) is 5.37. The zero-order valence-corrected chi connectivity index (χ0v) is 10.6. The number of urea groups is 1. The third kappa shape index (κ3) is 5.76. The number of carboxylic acids is 1. The van der Waals surface area contributed by atoms with Crippen LogP contribution in [0.3, 0.4) is 0 Å². The quantitative estimate of drug-likeness (QED) is 0.772. The number of carbonyl (C=O) groups excluding carboxylic acids is 1. The van der Waals surface area contributed by atoms with Gasteiger partial charge >= 0.3 is 12.0 Å². The Morgan fingerprint density at radius 1 is 1.47 bits per heavy atom. The van der Waals surface area contributed by atoms with Gasteiger partial charge in [-0.1, -0.05) is 0 Å². The van der Waals surface area contributed by atoms with E-state index >= 15 is 0 Å². The molecule has 1 atom stereocenters. The lowest BCUT2D eigenvalue weighted by atomic mass is 10.1. The van der Waals surface area contributed by atoms with E-state index in [4.69, 9.17) is 10.4 Å². The smallest absolute Gasteiger partial charge is 0.326 e. The van der Waals surface area contributed by atoms with Crippen LogP contribution >= 0.6 is 0 Å². The van der Waals surface area contributed by atoms with Gasteiger partial charge in [0.25, 0.3) is 0 Å². The van der Waals surface area contributed by atoms with Crippen molar-refractivity contribution in [3.63, 3.8) is 0 Å². The van der Waals surface area contributed by atoms with E-state index in [0.29, 0.717) is 0 Å². The van der Waals surface area contributed by atoms with E-state index in [1.165, 1.54) is 6.92 Å². The number of hydrogen-bond acceptors (Lipinski definition) is 3. The van der Waals surface area contributed by atoms with Crippen LogP contribution in [0.2, 0.25) is 0 Å². The highest BCUT2D eigenvalue weighted by atomic mass is 16.4. The molecule has 0 aromatic rings. The Morgan fingerprint density at radius 2 is 2.00 bits per heavy atom. The molecule has 0 spiro atoms. The number of carboxylic acid groups (broad SMARTS) is 1. The summed E-state index contributed by atoms with van der Waals surface area (Å²) in [7, 11) is 0. The van der Waals surface area contributed by atoms with Crippen LogP contribution in [0, 0.1) is 11.3 Å². The highest BCUT2D eigenvalue weighted by molar-refractivity contribution is 5.82. The predicted molar refractivity (Wildman–Crippen MR) is 62.3 cm³/mol. The summed E-state index contributed by atoms with van der Waals surface area (Å²) >= 11 is 0. The second-order valence-electron chi connectivity index (χ2n) is 4.80. The van der Waals surface area contributed by atoms with Crippen molar-refractivity contribution < 1.29 is 14.7 Å². The number of hydrogen-bond donors (Lipinski definition) is 2. The molecule has 0 aliphatic heterocycles. The minimum Gasteiger partial charge on any atom is -0.480 e. The van der Waals surface area contributed by atoms with E-state index in [-0.39, 0.29) is 13.0 Å². The van der Waals surface area contributed by atoms with Crippen LogP contribution in [0.5, 0.6) is 0 Å². The molecule has 1 unspecified atom stereocenters. The zero-order chi connectivity index (χ0) is 13.6. The summed E-state index contributed by atoms with van der Waals surface area (Å²) in [6, 6.07) is 0.472. The van der Waals surface area contributed by atoms with Crippen LogP contribution in [0.4, 0.5) is 4.79 Å². The molecule has 6 nitrogen and oxygen atoms in total. The molecule has 0 aliphatic carbocycles. The van der Waals surface area contributed by atoms with Crippen LogP contribution in [0.15, 0.2) is 0 Å². The number of nitriles is 1. The van der Waals surface area contributed by atoms with E-state index < -0.39 is 23.6 Å². The molecule has 0 radical (unpaired) electrons. The van der Waals surface area contributed by atoms with Crippen molar-refractivity contribution in [1.82, 2.24) is 10.2 Å². The van der Waals surface area contributed by atoms with Crippen LogP contribution in [-0.4, -0.2) is 40.1 Å². The molecule has 0 saturated heterocycles. The Hall–Kier alpha value is -1.77. The molecule has 0 heterocycles. The normalized spacial score (nSPS) is 12.4. The minimum atomic E-state index is -1.09. The fraction of sp³-hybridized carbons (Fsp3) is 0.727. The summed E-state index contributed by atoms with van der Waals surface area (Å²) in [6.07, 6.45) is 0.106. The lowest BCUT2D eigenvalue weighted by Gasteiger charge is -2.30. The van der Waals surface area contributed by atoms with Gasteiger partial charge in [0.1, 0.15) is 6.04 Å². The molecule has 0 rings (SSSR count). The Labute approximate surface area is 101 Å². The number of nitrogens with zero attached hydrogens (tertiary/aromatic N) is 2. The van der Waals surface area contributed by atoms with Gasteiger partial charge in [-0.3, -0.25) is 0 Å². The van der Waals surface area contributed by atoms with Crippen molar-refractivity contribution in [1.29, 1.82) is 5.26 Å². The topological polar surface area (TPSA) is 93.4 Å². The van der Waals surface area contributed by atoms with E-state index in [1.807, 2.05) is 6.07 Å². The van der Waals surface area contributed by atoms with Gasteiger partial charge in [-0.2, -0.15) is 5.26 Å². The Bertz CT molecular complexity index is 328. The van der Waals surface area contributed by atoms with Crippen molar-refractivity contribution in [2.45, 2.75) is 45.7 Å². The van der Waals surface area contributed by atoms with Crippen molar-refractivity contribution >= 4 is 12.0 Å². The first-order chi connectivity index (χ1) is 7.69. The average molecular weight is 241 g/mol. The van der Waals surface area contributed by atoms with E-state index in [2.05, 4.69) is 5.32 Å². The molecule has 0 fully saturated rings. The van der Waals surface area contributed by atoms with Crippen LogP contribution in [0.25, 0.3) is 0 Å². The van der Waals surface area contributed by atoms with Crippen LogP contribution in [-0.2, 0) is 4.79 Å². The van der Waals surface area contributed by atoms with Gasteiger partial charge < -0.3 is 15.3 Å². The summed E-state index contributed by atoms with van der Waals surface area (Å²) < 4.78 is 0. The second-order valence-corrected chi connectivity index (χ2v) is 4.80. The zero-order valence-electron chi connectivity index (χ0n) is 10.6. The Morgan fingerprint density at radius 3 is 2.35 bits per heavy atom. The molecule has 0 aromatic heterocycles. The van der Waals surface area contributed by atoms with E-state index in [0.717, 1.165) is 4.90 Å². The number of nitrogens with one attached hydrogen (secondary N) is 1. The van der Waals surface area contributed by atoms with Crippen molar-refractivity contribution in [2.24, 2.45) is 0 Å². The monoisotopic (exact) mass is 241 g/mol. The highest BCUT2D eigenvalue weighted by Crippen LogP contribution is 2.06. The van der Waals surface area contributed by atoms with Gasteiger partial charge in [0, 0.05) is 12.1 Å². The maximum Gasteiger partial charge on any atom is 0.326 e. The number of rotatable bonds is 4. The SMILES string of the molecule is CC(C(=O)O)N(CCC#N)C(=O)NC(C)(C)C. The van der Waals surface area contributed by atoms with E-state index in [9.17, 15) is 9.59 Å². The molecule has 0 aromatic carbocycles. The van der Waals surface area contributed by atoms with Gasteiger partial charge in [0.2, 0.25) is 0 Å². The number of aliphatic carboxylic acids is 1. The molecule has 0 saturated carbocycles. The maximum absolute atomic E-state index is 11.9. The first kappa shape index (κ1) is 15.2. The standard InChI is InChI=1S/C11H19N3O3/c1-8(9(15)16)14(7-5-6-12)10(17)13-11(2,3)4/h8H,5,7H2,1-4H3,(H,13,17)(H,15,16). The molecule has 2 amide bonds. The average Bonchev–Trinajstić information content (AvgIpc) is 2.15. The van der Waals surface area contributed by atoms with E-state index in [1.54, 1.807) is 20.8 Å². The van der Waals surface area contributed by atoms with Crippen LogP contribution < -0.4 is 5.32 Å². The minimum absolute atomic E-state index is 0.103. The molecular formula is C11H19N3O3. The summed E-state index contributed by atoms with van der Waals surface area (Å²) in [4.78, 5) is 23.9. The van der Waals surface area contributed by atoms with Gasteiger partial charge in [0.15, 0.2) is 0 Å². The van der Waals surface area contributed by atoms with Crippen molar-refractivity contribution in [3.05, 3.63) is 0 Å². The molecule has 96 valence electrons. The second kappa shape index (κ2) is 6.09. The summed E-state index contributed by atoms with van der Waals surface area (Å²) in [5, 5.41) is 20.1. The van der Waals surface area contributed by atoms with Crippen molar-refractivity contribution in [2.75, 3.05) is 6.54 Å². The fourth-order valence-corrected chi connectivity index (χ4v) is 1.17. The van der Waals surface area contributed by atoms with Gasteiger partial charge in [-0.05, 0) is 27.7 Å². The first-order valence-electron chi connectivity index (χ1n) is 5.37. The van der Waals surface area contributed by atoms with Gasteiger partial charge in [0.05, 0.1) is 12.5 Å². The van der Waals surface area contributed by atoms with Gasteiger partial charge in [-0.15, -0.1) is 0 Å². The molecule has 0 bridgehead atoms. The molecule has 6 heteroatoms. The highest BCUT2D eigenvalue weighted by Gasteiger charge is 2.27. The predicted octanol–water partition coefficient (Wildman–Crippen LogP) is 1.18. The van der Waals surface area contributed by atoms with Gasteiger partial charge in [-0.25, -0.2) is 9.59 Å². The fourth-order valence-electron chi connectivity index (χ4n) is 1.17. The largest absolute Gasteiger partial charge is 0.480 e. The Balaban J connectivity index is 4.74. The molecular weight excluding hydrogens is 222 g/mol. The maximum atomic E-state index is 11.9. The summed E-state index contributed by atoms with van der Waals surface area (Å²) in [5.74, 6) is -1.09. The number of amides is 2. The summed E-state index contributed by atoms with van der Waals surface area (Å²) in [5.41, 5.74) is -0.444. The third-order valence-corrected chi connectivity index (χ3v) is 2.03. The Kier molecular flexibility index (Phi) is 5.45. The van der Waals surface area contributed by atoms with Crippen LogP contribution in [0.1, 0.15) is 34.1 Å². The van der Waals surface area contributed by atoms with Crippen molar-refractivity contribution in [3.8, 4) is 6.07 Å². The molecule has 2 N–H and O–H groups in total.